The third-order valence-electron chi connectivity index (χ3n) is 5.02. The molecular formula is C20H23N5O3S3. The average molecular weight is 478 g/mol. The molecule has 0 spiro atoms. The van der Waals surface area contributed by atoms with Gasteiger partial charge < -0.3 is 4.57 Å². The topological polar surface area (TPSA) is 90.1 Å². The second kappa shape index (κ2) is 8.38. The fourth-order valence-electron chi connectivity index (χ4n) is 3.35. The van der Waals surface area contributed by atoms with E-state index in [0.29, 0.717) is 21.8 Å². The van der Waals surface area contributed by atoms with E-state index in [2.05, 4.69) is 16.5 Å². The molecule has 0 amide bonds. The van der Waals surface area contributed by atoms with Crippen LogP contribution in [0, 0.1) is 0 Å². The number of hydrogen-bond donors (Lipinski definition) is 0. The first-order valence-corrected chi connectivity index (χ1v) is 13.0. The first kappa shape index (κ1) is 22.0. The molecule has 0 radical (unpaired) electrons. The van der Waals surface area contributed by atoms with Crippen molar-refractivity contribution in [2.24, 2.45) is 7.05 Å². The van der Waals surface area contributed by atoms with E-state index in [1.54, 1.807) is 29.8 Å². The van der Waals surface area contributed by atoms with Crippen molar-refractivity contribution in [1.82, 2.24) is 23.4 Å². The Morgan fingerprint density at radius 2 is 1.97 bits per heavy atom. The molecule has 0 saturated carbocycles. The van der Waals surface area contributed by atoms with E-state index in [-0.39, 0.29) is 10.5 Å². The monoisotopic (exact) mass is 477 g/mol. The number of fused-ring (bicyclic) bond motifs is 2. The van der Waals surface area contributed by atoms with Crippen molar-refractivity contribution in [1.29, 1.82) is 0 Å². The predicted octanol–water partition coefficient (Wildman–Crippen LogP) is 3.30. The lowest BCUT2D eigenvalue weighted by molar-refractivity contribution is 0.521. The minimum atomic E-state index is -3.53. The van der Waals surface area contributed by atoms with E-state index in [1.807, 2.05) is 11.4 Å². The molecule has 0 N–H and O–H groups in total. The molecule has 0 fully saturated rings. The molecule has 11 heteroatoms. The summed E-state index contributed by atoms with van der Waals surface area (Å²) in [5.74, 6) is 1.34. The summed E-state index contributed by atoms with van der Waals surface area (Å²) in [6.07, 6.45) is 0.915. The Hall–Kier alpha value is -2.21. The van der Waals surface area contributed by atoms with Gasteiger partial charge in [0.15, 0.2) is 5.16 Å². The number of thiophene rings is 1. The SMILES string of the molecule is CCCn1c(CSc2nc3sccc3c(=O)n2C)nc2cc(S(=O)(=O)N(C)C)ccc21. The fourth-order valence-corrected chi connectivity index (χ4v) is 6.00. The molecule has 31 heavy (non-hydrogen) atoms. The lowest BCUT2D eigenvalue weighted by atomic mass is 10.3. The number of rotatable bonds is 7. The van der Waals surface area contributed by atoms with Crippen molar-refractivity contribution in [2.75, 3.05) is 14.1 Å². The van der Waals surface area contributed by atoms with E-state index in [9.17, 15) is 13.2 Å². The van der Waals surface area contributed by atoms with E-state index in [0.717, 1.165) is 29.1 Å². The summed E-state index contributed by atoms with van der Waals surface area (Å²) in [5.41, 5.74) is 1.47. The highest BCUT2D eigenvalue weighted by Gasteiger charge is 2.20. The van der Waals surface area contributed by atoms with Crippen molar-refractivity contribution >= 4 is 54.4 Å². The molecule has 0 bridgehead atoms. The molecule has 3 aromatic heterocycles. The first-order valence-electron chi connectivity index (χ1n) is 9.72. The maximum absolute atomic E-state index is 12.6. The van der Waals surface area contributed by atoms with Crippen LogP contribution in [0.1, 0.15) is 19.2 Å². The van der Waals surface area contributed by atoms with Gasteiger partial charge in [-0.25, -0.2) is 22.7 Å². The Morgan fingerprint density at radius 3 is 2.68 bits per heavy atom. The maximum atomic E-state index is 12.6. The van der Waals surface area contributed by atoms with Gasteiger partial charge >= 0.3 is 0 Å². The Labute approximate surface area is 188 Å². The Kier molecular flexibility index (Phi) is 5.95. The van der Waals surface area contributed by atoms with Crippen molar-refractivity contribution in [2.45, 2.75) is 35.7 Å². The minimum Gasteiger partial charge on any atom is -0.327 e. The lowest BCUT2D eigenvalue weighted by Gasteiger charge is -2.11. The van der Waals surface area contributed by atoms with Gasteiger partial charge in [-0.1, -0.05) is 18.7 Å². The van der Waals surface area contributed by atoms with Crippen LogP contribution in [0.2, 0.25) is 0 Å². The van der Waals surface area contributed by atoms with Crippen LogP contribution in [-0.4, -0.2) is 45.9 Å². The molecule has 0 aliphatic carbocycles. The Morgan fingerprint density at radius 1 is 1.19 bits per heavy atom. The van der Waals surface area contributed by atoms with E-state index < -0.39 is 10.0 Å². The molecule has 0 unspecified atom stereocenters. The number of benzene rings is 1. The molecule has 8 nitrogen and oxygen atoms in total. The number of thioether (sulfide) groups is 1. The number of sulfonamides is 1. The normalized spacial score (nSPS) is 12.4. The highest BCUT2D eigenvalue weighted by molar-refractivity contribution is 7.98. The zero-order valence-corrected chi connectivity index (χ0v) is 20.1. The van der Waals surface area contributed by atoms with E-state index in [1.165, 1.54) is 41.5 Å². The molecular weight excluding hydrogens is 454 g/mol. The summed E-state index contributed by atoms with van der Waals surface area (Å²) >= 11 is 2.90. The van der Waals surface area contributed by atoms with Gasteiger partial charge in [-0.05, 0) is 36.1 Å². The third-order valence-corrected chi connectivity index (χ3v) is 8.66. The van der Waals surface area contributed by atoms with Crippen LogP contribution in [0.3, 0.4) is 0 Å². The zero-order valence-electron chi connectivity index (χ0n) is 17.7. The average Bonchev–Trinajstić information content (AvgIpc) is 3.34. The van der Waals surface area contributed by atoms with Crippen LogP contribution in [0.25, 0.3) is 21.3 Å². The van der Waals surface area contributed by atoms with Crippen LogP contribution in [0.15, 0.2) is 44.5 Å². The van der Waals surface area contributed by atoms with Gasteiger partial charge in [-0.15, -0.1) is 11.3 Å². The molecule has 3 heterocycles. The second-order valence-corrected chi connectivity index (χ2v) is 11.3. The molecule has 1 aromatic carbocycles. The molecule has 4 aromatic rings. The summed E-state index contributed by atoms with van der Waals surface area (Å²) in [6, 6.07) is 6.85. The predicted molar refractivity (Wildman–Crippen MR) is 125 cm³/mol. The van der Waals surface area contributed by atoms with Crippen molar-refractivity contribution in [3.63, 3.8) is 0 Å². The summed E-state index contributed by atoms with van der Waals surface area (Å²) < 4.78 is 29.9. The van der Waals surface area contributed by atoms with Gasteiger partial charge in [-0.3, -0.25) is 9.36 Å². The highest BCUT2D eigenvalue weighted by Crippen LogP contribution is 2.27. The lowest BCUT2D eigenvalue weighted by Crippen LogP contribution is -2.22. The van der Waals surface area contributed by atoms with E-state index >= 15 is 0 Å². The first-order chi connectivity index (χ1) is 14.7. The van der Waals surface area contributed by atoms with Gasteiger partial charge in [-0.2, -0.15) is 0 Å². The Balaban J connectivity index is 1.72. The number of aromatic nitrogens is 4. The standard InChI is InChI=1S/C20H23N5O3S3/c1-5-9-25-16-7-6-13(31(27,28)23(2)3)11-15(16)21-17(25)12-30-20-22-18-14(8-10-29-18)19(26)24(20)4/h6-8,10-11H,5,9,12H2,1-4H3. The maximum Gasteiger partial charge on any atom is 0.262 e. The number of hydrogen-bond acceptors (Lipinski definition) is 7. The second-order valence-electron chi connectivity index (χ2n) is 7.30. The molecule has 0 saturated heterocycles. The van der Waals surface area contributed by atoms with Crippen molar-refractivity contribution < 1.29 is 8.42 Å². The van der Waals surface area contributed by atoms with Crippen LogP contribution in [0.5, 0.6) is 0 Å². The fraction of sp³-hybridized carbons (Fsp3) is 0.350. The molecule has 4 rings (SSSR count). The van der Waals surface area contributed by atoms with Crippen LogP contribution in [-0.2, 0) is 29.4 Å². The molecule has 0 aliphatic heterocycles. The van der Waals surface area contributed by atoms with Gasteiger partial charge in [0.2, 0.25) is 10.0 Å². The van der Waals surface area contributed by atoms with Gasteiger partial charge in [0.1, 0.15) is 10.7 Å². The number of aryl methyl sites for hydroxylation is 1. The highest BCUT2D eigenvalue weighted by atomic mass is 32.2. The smallest absolute Gasteiger partial charge is 0.262 e. The van der Waals surface area contributed by atoms with Crippen LogP contribution < -0.4 is 5.56 Å². The summed E-state index contributed by atoms with van der Waals surface area (Å²) in [6.45, 7) is 2.85. The quantitative estimate of drug-likeness (QED) is 0.300. The molecule has 0 aliphatic rings. The number of nitrogens with zero attached hydrogens (tertiary/aromatic N) is 5. The summed E-state index contributed by atoms with van der Waals surface area (Å²) in [7, 11) is 1.22. The van der Waals surface area contributed by atoms with Crippen LogP contribution >= 0.6 is 23.1 Å². The third kappa shape index (κ3) is 3.91. The van der Waals surface area contributed by atoms with E-state index in [4.69, 9.17) is 4.98 Å². The summed E-state index contributed by atoms with van der Waals surface area (Å²) in [5, 5.41) is 3.13. The summed E-state index contributed by atoms with van der Waals surface area (Å²) in [4.78, 5) is 22.9. The minimum absolute atomic E-state index is 0.0608. The molecule has 0 atom stereocenters. The Bertz CT molecular complexity index is 1430. The van der Waals surface area contributed by atoms with Crippen molar-refractivity contribution in [3.05, 3.63) is 45.8 Å². The molecule has 164 valence electrons. The van der Waals surface area contributed by atoms with Crippen molar-refractivity contribution in [3.8, 4) is 0 Å². The zero-order chi connectivity index (χ0) is 22.3. The number of imidazole rings is 1. The van der Waals surface area contributed by atoms with Gasteiger partial charge in [0.05, 0.1) is 27.1 Å². The largest absolute Gasteiger partial charge is 0.327 e. The van der Waals surface area contributed by atoms with Gasteiger partial charge in [0, 0.05) is 27.7 Å². The van der Waals surface area contributed by atoms with Gasteiger partial charge in [0.25, 0.3) is 5.56 Å². The van der Waals surface area contributed by atoms with Crippen LogP contribution in [0.4, 0.5) is 0 Å².